The third-order valence-electron chi connectivity index (χ3n) is 4.73. The Labute approximate surface area is 154 Å². The van der Waals surface area contributed by atoms with Gasteiger partial charge in [0.25, 0.3) is 0 Å². The Morgan fingerprint density at radius 2 is 1.92 bits per heavy atom. The Kier molecular flexibility index (Phi) is 5.60. The molecule has 6 nitrogen and oxygen atoms in total. The smallest absolute Gasteiger partial charge is 0.216 e. The lowest BCUT2D eigenvalue weighted by Gasteiger charge is -2.38. The number of aliphatic hydroxyl groups excluding tert-OH is 1. The van der Waals surface area contributed by atoms with Crippen LogP contribution in [0.15, 0.2) is 42.6 Å². The minimum Gasteiger partial charge on any atom is -0.481 e. The molecule has 26 heavy (non-hydrogen) atoms. The number of sulfonamides is 1. The van der Waals surface area contributed by atoms with Crippen LogP contribution in [0.1, 0.15) is 35.6 Å². The average molecular weight is 376 g/mol. The minimum atomic E-state index is -3.54. The fourth-order valence-electron chi connectivity index (χ4n) is 3.17. The van der Waals surface area contributed by atoms with Gasteiger partial charge in [0, 0.05) is 12.3 Å². The average Bonchev–Trinajstić information content (AvgIpc) is 2.59. The maximum Gasteiger partial charge on any atom is 0.216 e. The molecule has 7 heteroatoms. The molecule has 0 bridgehead atoms. The topological polar surface area (TPSA) is 88.5 Å². The van der Waals surface area contributed by atoms with Gasteiger partial charge < -0.3 is 9.84 Å². The van der Waals surface area contributed by atoms with Gasteiger partial charge in [0.1, 0.15) is 0 Å². The summed E-state index contributed by atoms with van der Waals surface area (Å²) in [5, 5.41) is 9.64. The highest BCUT2D eigenvalue weighted by Crippen LogP contribution is 2.38. The molecule has 1 fully saturated rings. The van der Waals surface area contributed by atoms with Crippen LogP contribution in [0.3, 0.4) is 0 Å². The van der Waals surface area contributed by atoms with Gasteiger partial charge in [-0.2, -0.15) is 0 Å². The third kappa shape index (κ3) is 4.60. The van der Waals surface area contributed by atoms with Crippen LogP contribution >= 0.6 is 0 Å². The highest BCUT2D eigenvalue weighted by atomic mass is 32.2. The molecule has 0 unspecified atom stereocenters. The summed E-state index contributed by atoms with van der Waals surface area (Å²) in [5.74, 6) is 0.444. The molecular weight excluding hydrogens is 352 g/mol. The molecule has 1 atom stereocenters. The number of aromatic nitrogens is 1. The van der Waals surface area contributed by atoms with Crippen molar-refractivity contribution < 1.29 is 18.3 Å². The summed E-state index contributed by atoms with van der Waals surface area (Å²) in [6.45, 7) is 1.96. The number of ether oxygens (including phenoxy) is 1. The minimum absolute atomic E-state index is 0.0491. The first-order valence-electron chi connectivity index (χ1n) is 8.60. The van der Waals surface area contributed by atoms with Crippen molar-refractivity contribution in [3.8, 4) is 5.88 Å². The summed E-state index contributed by atoms with van der Waals surface area (Å²) in [6.07, 6.45) is 2.41. The summed E-state index contributed by atoms with van der Waals surface area (Å²) in [5.41, 5.74) is 2.60. The number of rotatable bonds is 7. The van der Waals surface area contributed by atoms with Crippen LogP contribution in [0.4, 0.5) is 0 Å². The van der Waals surface area contributed by atoms with Crippen LogP contribution in [0.5, 0.6) is 5.88 Å². The van der Waals surface area contributed by atoms with Crippen molar-refractivity contribution in [2.24, 2.45) is 5.92 Å². The number of pyridine rings is 1. The number of aliphatic hydroxyl groups is 1. The Hall–Kier alpha value is -1.96. The van der Waals surface area contributed by atoms with Crippen molar-refractivity contribution in [1.29, 1.82) is 0 Å². The van der Waals surface area contributed by atoms with Crippen molar-refractivity contribution in [2.45, 2.75) is 37.7 Å². The van der Waals surface area contributed by atoms with E-state index in [0.29, 0.717) is 18.7 Å². The van der Waals surface area contributed by atoms with E-state index in [2.05, 4.69) is 9.71 Å². The van der Waals surface area contributed by atoms with E-state index in [1.54, 1.807) is 12.3 Å². The predicted molar refractivity (Wildman–Crippen MR) is 99.2 cm³/mol. The number of aryl methyl sites for hydroxylation is 1. The van der Waals surface area contributed by atoms with Gasteiger partial charge in [0.15, 0.2) is 0 Å². The molecule has 1 aliphatic rings. The first-order valence-corrected chi connectivity index (χ1v) is 10.2. The van der Waals surface area contributed by atoms with Gasteiger partial charge in [-0.05, 0) is 36.8 Å². The van der Waals surface area contributed by atoms with Gasteiger partial charge >= 0.3 is 0 Å². The largest absolute Gasteiger partial charge is 0.481 e. The maximum absolute atomic E-state index is 12.7. The molecule has 1 aromatic heterocycles. The van der Waals surface area contributed by atoms with Crippen molar-refractivity contribution in [2.75, 3.05) is 7.11 Å². The summed E-state index contributed by atoms with van der Waals surface area (Å²) >= 11 is 0. The highest BCUT2D eigenvalue weighted by Gasteiger charge is 2.37. The van der Waals surface area contributed by atoms with E-state index in [1.807, 2.05) is 37.3 Å². The van der Waals surface area contributed by atoms with E-state index in [9.17, 15) is 13.5 Å². The van der Waals surface area contributed by atoms with E-state index in [0.717, 1.165) is 16.7 Å². The van der Waals surface area contributed by atoms with Crippen LogP contribution in [0, 0.1) is 12.8 Å². The Morgan fingerprint density at radius 3 is 2.46 bits per heavy atom. The second kappa shape index (κ2) is 7.73. The molecular formula is C19H24N2O4S. The number of hydrogen-bond donors (Lipinski definition) is 2. The monoisotopic (exact) mass is 376 g/mol. The quantitative estimate of drug-likeness (QED) is 0.774. The lowest BCUT2D eigenvalue weighted by molar-refractivity contribution is 0.0279. The number of benzene rings is 1. The van der Waals surface area contributed by atoms with Crippen molar-refractivity contribution in [3.63, 3.8) is 0 Å². The van der Waals surface area contributed by atoms with Gasteiger partial charge in [-0.1, -0.05) is 35.9 Å². The number of nitrogens with zero attached hydrogens (tertiary/aromatic N) is 1. The van der Waals surface area contributed by atoms with E-state index in [1.165, 1.54) is 7.11 Å². The first-order chi connectivity index (χ1) is 12.4. The molecule has 3 rings (SSSR count). The summed E-state index contributed by atoms with van der Waals surface area (Å²) in [7, 11) is -2.01. The molecule has 1 saturated carbocycles. The summed E-state index contributed by atoms with van der Waals surface area (Å²) in [6, 6.07) is 10.6. The standard InChI is InChI=1S/C19H24N2O4S/c1-13-3-5-14(6-4-13)12-26(23,24)21-19(16-9-17(22)10-16)15-7-8-18(25-2)20-11-15/h3-8,11,16-17,19,21-22H,9-10,12H2,1-2H3/t16?,17?,19-/m0/s1. The highest BCUT2D eigenvalue weighted by molar-refractivity contribution is 7.88. The lowest BCUT2D eigenvalue weighted by Crippen LogP contribution is -2.41. The summed E-state index contributed by atoms with van der Waals surface area (Å²) < 4.78 is 33.3. The van der Waals surface area contributed by atoms with Crippen LogP contribution in [0.25, 0.3) is 0 Å². The molecule has 1 aromatic carbocycles. The third-order valence-corrected chi connectivity index (χ3v) is 6.06. The molecule has 0 aliphatic heterocycles. The molecule has 2 N–H and O–H groups in total. The van der Waals surface area contributed by atoms with Gasteiger partial charge in [-0.15, -0.1) is 0 Å². The SMILES string of the molecule is COc1ccc([C@H](NS(=O)(=O)Cc2ccc(C)cc2)C2CC(O)C2)cn1. The fraction of sp³-hybridized carbons (Fsp3) is 0.421. The van der Waals surface area contributed by atoms with E-state index < -0.39 is 16.1 Å². The van der Waals surface area contributed by atoms with E-state index in [4.69, 9.17) is 4.74 Å². The predicted octanol–water partition coefficient (Wildman–Crippen LogP) is 2.33. The molecule has 140 valence electrons. The van der Waals surface area contributed by atoms with Crippen LogP contribution in [-0.4, -0.2) is 31.7 Å². The molecule has 2 aromatic rings. The summed E-state index contributed by atoms with van der Waals surface area (Å²) in [4.78, 5) is 4.18. The van der Waals surface area contributed by atoms with Crippen LogP contribution < -0.4 is 9.46 Å². The van der Waals surface area contributed by atoms with Crippen LogP contribution in [0.2, 0.25) is 0 Å². The van der Waals surface area contributed by atoms with Crippen LogP contribution in [-0.2, 0) is 15.8 Å². The van der Waals surface area contributed by atoms with E-state index >= 15 is 0 Å². The Morgan fingerprint density at radius 1 is 1.23 bits per heavy atom. The normalized spacial score (nSPS) is 21.0. The Balaban J connectivity index is 1.78. The molecule has 1 heterocycles. The second-order valence-electron chi connectivity index (χ2n) is 6.86. The van der Waals surface area contributed by atoms with Gasteiger partial charge in [-0.25, -0.2) is 18.1 Å². The maximum atomic E-state index is 12.7. The van der Waals surface area contributed by atoms with Crippen molar-refractivity contribution >= 4 is 10.0 Å². The molecule has 1 aliphatic carbocycles. The lowest BCUT2D eigenvalue weighted by atomic mass is 9.76. The van der Waals surface area contributed by atoms with Gasteiger partial charge in [0.05, 0.1) is 25.0 Å². The second-order valence-corrected chi connectivity index (χ2v) is 8.61. The molecule has 0 saturated heterocycles. The molecule has 0 radical (unpaired) electrons. The molecule has 0 spiro atoms. The zero-order valence-electron chi connectivity index (χ0n) is 14.9. The molecule has 0 amide bonds. The fourth-order valence-corrected chi connectivity index (χ4v) is 4.60. The van der Waals surface area contributed by atoms with Crippen molar-refractivity contribution in [1.82, 2.24) is 9.71 Å². The zero-order chi connectivity index (χ0) is 18.7. The van der Waals surface area contributed by atoms with Crippen molar-refractivity contribution in [3.05, 3.63) is 59.3 Å². The van der Waals surface area contributed by atoms with Gasteiger partial charge in [0.2, 0.25) is 15.9 Å². The number of nitrogens with one attached hydrogen (secondary N) is 1. The van der Waals surface area contributed by atoms with Gasteiger partial charge in [-0.3, -0.25) is 0 Å². The van der Waals surface area contributed by atoms with E-state index in [-0.39, 0.29) is 17.8 Å². The zero-order valence-corrected chi connectivity index (χ0v) is 15.7. The number of hydrogen-bond acceptors (Lipinski definition) is 5. The first kappa shape index (κ1) is 18.8. The Bertz CT molecular complexity index is 829. The number of methoxy groups -OCH3 is 1.